The lowest BCUT2D eigenvalue weighted by molar-refractivity contribution is -0.137. The van der Waals surface area contributed by atoms with Crippen LogP contribution in [0.25, 0.3) is 22.4 Å². The van der Waals surface area contributed by atoms with E-state index in [1.165, 1.54) is 18.3 Å². The maximum absolute atomic E-state index is 14.3. The Morgan fingerprint density at radius 2 is 1.67 bits per heavy atom. The fourth-order valence-electron chi connectivity index (χ4n) is 5.79. The van der Waals surface area contributed by atoms with Crippen molar-refractivity contribution in [2.24, 2.45) is 0 Å². The normalized spacial score (nSPS) is 16.9. The number of hydrogen-bond donors (Lipinski definition) is 2. The number of anilines is 2. The van der Waals surface area contributed by atoms with E-state index in [4.69, 9.17) is 11.6 Å². The Balaban J connectivity index is 1.19. The molecule has 0 bridgehead atoms. The number of pyridine rings is 1. The van der Waals surface area contributed by atoms with E-state index >= 15 is 0 Å². The van der Waals surface area contributed by atoms with Gasteiger partial charge < -0.3 is 25.0 Å². The molecule has 2 N–H and O–H groups in total. The zero-order valence-corrected chi connectivity index (χ0v) is 25.2. The fraction of sp³-hybridized carbons (Fsp3) is 0.281. The highest BCUT2D eigenvalue weighted by molar-refractivity contribution is 6.34. The number of benzene rings is 2. The molecule has 238 valence electrons. The predicted molar refractivity (Wildman–Crippen MR) is 166 cm³/mol. The van der Waals surface area contributed by atoms with Gasteiger partial charge in [0.25, 0.3) is 5.91 Å². The lowest BCUT2D eigenvalue weighted by atomic mass is 9.97. The van der Waals surface area contributed by atoms with Gasteiger partial charge in [-0.15, -0.1) is 0 Å². The van der Waals surface area contributed by atoms with Crippen molar-refractivity contribution >= 4 is 41.8 Å². The van der Waals surface area contributed by atoms with Gasteiger partial charge in [0, 0.05) is 38.9 Å². The third-order valence-electron chi connectivity index (χ3n) is 8.31. The zero-order chi connectivity index (χ0) is 32.4. The molecule has 2 aromatic heterocycles. The number of likely N-dealkylation sites (tertiary alicyclic amines) is 1. The molecule has 0 spiro atoms. The summed E-state index contributed by atoms with van der Waals surface area (Å²) in [6.07, 6.45) is 1.54. The molecule has 2 aromatic carbocycles. The fourth-order valence-corrected chi connectivity index (χ4v) is 6.00. The van der Waals surface area contributed by atoms with Crippen LogP contribution < -0.4 is 10.2 Å². The van der Waals surface area contributed by atoms with Crippen molar-refractivity contribution in [1.29, 1.82) is 0 Å². The van der Waals surface area contributed by atoms with Gasteiger partial charge in [-0.25, -0.2) is 9.97 Å². The van der Waals surface area contributed by atoms with Crippen LogP contribution in [0.3, 0.4) is 0 Å². The molecule has 2 aliphatic rings. The number of piperazine rings is 1. The summed E-state index contributed by atoms with van der Waals surface area (Å²) in [6, 6.07) is 11.6. The lowest BCUT2D eigenvalue weighted by Gasteiger charge is -2.33. The summed E-state index contributed by atoms with van der Waals surface area (Å²) < 4.78 is 42.9. The molecule has 4 heterocycles. The van der Waals surface area contributed by atoms with Crippen molar-refractivity contribution in [1.82, 2.24) is 24.8 Å². The van der Waals surface area contributed by atoms with Crippen molar-refractivity contribution in [3.05, 3.63) is 82.9 Å². The molecule has 1 unspecified atom stereocenters. The van der Waals surface area contributed by atoms with Crippen LogP contribution in [0, 0.1) is 0 Å². The van der Waals surface area contributed by atoms with Crippen molar-refractivity contribution in [3.63, 3.8) is 0 Å². The molecule has 14 heteroatoms. The number of aromatic amines is 1. The Bertz CT molecular complexity index is 1740. The molecule has 46 heavy (non-hydrogen) atoms. The van der Waals surface area contributed by atoms with Crippen LogP contribution >= 0.6 is 11.6 Å². The highest BCUT2D eigenvalue weighted by atomic mass is 35.5. The van der Waals surface area contributed by atoms with Crippen LogP contribution in [0.15, 0.2) is 60.9 Å². The SMILES string of the molecule is O=CN1CCN(c2ccc(C(=O)Nc3cc(C(F)(F)F)c(-c4ccc(-c5cnc(C6CCCN6C=O)[nH]5)cc4)cc3Cl)cn2)CC1. The molecule has 4 aromatic rings. The first kappa shape index (κ1) is 31.1. The first-order valence-electron chi connectivity index (χ1n) is 14.6. The van der Waals surface area contributed by atoms with Crippen LogP contribution in [-0.2, 0) is 15.8 Å². The third-order valence-corrected chi connectivity index (χ3v) is 8.62. The lowest BCUT2D eigenvalue weighted by Crippen LogP contribution is -2.46. The van der Waals surface area contributed by atoms with E-state index in [1.807, 2.05) is 4.90 Å². The minimum absolute atomic E-state index is 0.0624. The standard InChI is InChI=1S/C32H29ClF3N7O3/c33-25-14-23(20-3-5-21(6-4-20)27-17-38-30(39-27)28-2-1-9-43(28)19-45)24(32(34,35)36)15-26(25)40-31(46)22-7-8-29(37-16-22)42-12-10-41(18-44)11-13-42/h3-8,14-19,28H,1-2,9-13H2,(H,38,39)(H,40,46). The van der Waals surface area contributed by atoms with E-state index in [1.54, 1.807) is 46.3 Å². The van der Waals surface area contributed by atoms with Gasteiger partial charge in [-0.2, -0.15) is 13.2 Å². The smallest absolute Gasteiger partial charge is 0.353 e. The monoisotopic (exact) mass is 651 g/mol. The Kier molecular flexibility index (Phi) is 8.67. The van der Waals surface area contributed by atoms with E-state index in [9.17, 15) is 27.6 Å². The minimum atomic E-state index is -4.74. The number of amides is 3. The summed E-state index contributed by atoms with van der Waals surface area (Å²) in [7, 11) is 0. The first-order valence-corrected chi connectivity index (χ1v) is 15.0. The average Bonchev–Trinajstić information content (AvgIpc) is 3.75. The Hall–Kier alpha value is -4.91. The summed E-state index contributed by atoms with van der Waals surface area (Å²) in [5.41, 5.74) is 0.539. The van der Waals surface area contributed by atoms with E-state index in [-0.39, 0.29) is 33.4 Å². The van der Waals surface area contributed by atoms with Gasteiger partial charge >= 0.3 is 6.18 Å². The van der Waals surface area contributed by atoms with Crippen molar-refractivity contribution in [2.75, 3.05) is 42.9 Å². The second kappa shape index (κ2) is 12.8. The summed E-state index contributed by atoms with van der Waals surface area (Å²) in [5, 5.41) is 2.42. The molecule has 0 radical (unpaired) electrons. The average molecular weight is 652 g/mol. The number of halogens is 4. The number of aromatic nitrogens is 3. The van der Waals surface area contributed by atoms with Crippen LogP contribution in [0.4, 0.5) is 24.7 Å². The molecule has 1 atom stereocenters. The van der Waals surface area contributed by atoms with Crippen LogP contribution in [-0.4, -0.2) is 76.2 Å². The number of nitrogens with zero attached hydrogens (tertiary/aromatic N) is 5. The first-order chi connectivity index (χ1) is 22.1. The molecule has 2 saturated heterocycles. The maximum atomic E-state index is 14.3. The second-order valence-corrected chi connectivity index (χ2v) is 11.5. The van der Waals surface area contributed by atoms with Crippen LogP contribution in [0.1, 0.15) is 40.6 Å². The minimum Gasteiger partial charge on any atom is -0.353 e. The van der Waals surface area contributed by atoms with Gasteiger partial charge in [0.15, 0.2) is 0 Å². The highest BCUT2D eigenvalue weighted by Gasteiger charge is 2.35. The van der Waals surface area contributed by atoms with Crippen LogP contribution in [0.2, 0.25) is 5.02 Å². The molecule has 3 amide bonds. The molecule has 6 rings (SSSR count). The number of carbonyl (C=O) groups excluding carboxylic acids is 3. The molecule has 2 aliphatic heterocycles. The van der Waals surface area contributed by atoms with Crippen molar-refractivity contribution in [2.45, 2.75) is 25.1 Å². The summed E-state index contributed by atoms with van der Waals surface area (Å²) >= 11 is 6.42. The second-order valence-electron chi connectivity index (χ2n) is 11.1. The number of H-pyrrole nitrogens is 1. The van der Waals surface area contributed by atoms with Crippen LogP contribution in [0.5, 0.6) is 0 Å². The zero-order valence-electron chi connectivity index (χ0n) is 24.4. The van der Waals surface area contributed by atoms with Gasteiger partial charge in [0.05, 0.1) is 39.8 Å². The Morgan fingerprint density at radius 3 is 2.33 bits per heavy atom. The summed E-state index contributed by atoms with van der Waals surface area (Å²) in [5.74, 6) is 0.624. The predicted octanol–water partition coefficient (Wildman–Crippen LogP) is 5.63. The van der Waals surface area contributed by atoms with Crippen molar-refractivity contribution < 1.29 is 27.6 Å². The number of carbonyl (C=O) groups is 3. The molecular weight excluding hydrogens is 623 g/mol. The van der Waals surface area contributed by atoms with Gasteiger partial charge in [0.1, 0.15) is 11.6 Å². The largest absolute Gasteiger partial charge is 0.417 e. The Morgan fingerprint density at radius 1 is 0.935 bits per heavy atom. The maximum Gasteiger partial charge on any atom is 0.417 e. The topological polar surface area (TPSA) is 115 Å². The van der Waals surface area contributed by atoms with Gasteiger partial charge in [-0.1, -0.05) is 35.9 Å². The van der Waals surface area contributed by atoms with E-state index in [0.29, 0.717) is 55.6 Å². The summed E-state index contributed by atoms with van der Waals surface area (Å²) in [4.78, 5) is 52.6. The molecule has 2 fully saturated rings. The molecular formula is C32H29ClF3N7O3. The number of rotatable bonds is 8. The molecule has 0 saturated carbocycles. The number of hydrogen-bond acceptors (Lipinski definition) is 6. The molecule has 10 nitrogen and oxygen atoms in total. The molecule has 0 aliphatic carbocycles. The highest BCUT2D eigenvalue weighted by Crippen LogP contribution is 2.42. The Labute approximate surface area is 267 Å². The number of nitrogens with one attached hydrogen (secondary N) is 2. The number of alkyl halides is 3. The number of imidazole rings is 1. The van der Waals surface area contributed by atoms with Gasteiger partial charge in [0.2, 0.25) is 12.8 Å². The van der Waals surface area contributed by atoms with Gasteiger partial charge in [-0.3, -0.25) is 14.4 Å². The van der Waals surface area contributed by atoms with Crippen molar-refractivity contribution in [3.8, 4) is 22.4 Å². The van der Waals surface area contributed by atoms with E-state index in [2.05, 4.69) is 20.3 Å². The summed E-state index contributed by atoms with van der Waals surface area (Å²) in [6.45, 7) is 2.96. The van der Waals surface area contributed by atoms with E-state index < -0.39 is 17.6 Å². The third kappa shape index (κ3) is 6.41. The van der Waals surface area contributed by atoms with Gasteiger partial charge in [-0.05, 0) is 53.8 Å². The van der Waals surface area contributed by atoms with E-state index in [0.717, 1.165) is 31.7 Å². The quantitative estimate of drug-likeness (QED) is 0.239.